The average Bonchev–Trinajstić information content (AvgIpc) is 3.02. The SMILES string of the molecule is Cc1onc(-c2ccccc2Cl)c1C(=O)NCCC[NH+]1CCCC[C@H]1C. The Hall–Kier alpha value is -1.85. The molecule has 1 aliphatic rings. The first kappa shape index (κ1) is 18.9. The molecular weight excluding hydrogens is 350 g/mol. The van der Waals surface area contributed by atoms with Gasteiger partial charge >= 0.3 is 0 Å². The number of hydrogen-bond donors (Lipinski definition) is 2. The number of nitrogens with zero attached hydrogens (tertiary/aromatic N) is 1. The van der Waals surface area contributed by atoms with Gasteiger partial charge in [0, 0.05) is 18.5 Å². The highest BCUT2D eigenvalue weighted by Crippen LogP contribution is 2.30. The highest BCUT2D eigenvalue weighted by atomic mass is 35.5. The number of nitrogens with one attached hydrogen (secondary N) is 2. The number of likely N-dealkylation sites (tertiary alicyclic amines) is 1. The molecule has 2 aromatic rings. The number of piperidine rings is 1. The Morgan fingerprint density at radius 2 is 2.19 bits per heavy atom. The molecule has 1 aromatic carbocycles. The van der Waals surface area contributed by atoms with Gasteiger partial charge in [0.1, 0.15) is 17.0 Å². The first-order valence-corrected chi connectivity index (χ1v) is 9.79. The highest BCUT2D eigenvalue weighted by Gasteiger charge is 2.24. The molecule has 0 aliphatic carbocycles. The molecule has 26 heavy (non-hydrogen) atoms. The van der Waals surface area contributed by atoms with Gasteiger partial charge in [-0.1, -0.05) is 35.0 Å². The largest absolute Gasteiger partial charge is 0.360 e. The topological polar surface area (TPSA) is 59.6 Å². The summed E-state index contributed by atoms with van der Waals surface area (Å²) in [4.78, 5) is 14.3. The maximum Gasteiger partial charge on any atom is 0.257 e. The van der Waals surface area contributed by atoms with Gasteiger partial charge in [0.05, 0.1) is 24.2 Å². The van der Waals surface area contributed by atoms with Crippen LogP contribution < -0.4 is 10.2 Å². The molecule has 0 spiro atoms. The van der Waals surface area contributed by atoms with Crippen LogP contribution in [0.2, 0.25) is 5.02 Å². The molecule has 1 amide bonds. The van der Waals surface area contributed by atoms with Crippen molar-refractivity contribution >= 4 is 17.5 Å². The number of carbonyl (C=O) groups is 1. The van der Waals surface area contributed by atoms with Gasteiger partial charge < -0.3 is 14.7 Å². The lowest BCUT2D eigenvalue weighted by Crippen LogP contribution is -3.16. The number of quaternary nitrogens is 1. The third-order valence-electron chi connectivity index (χ3n) is 5.26. The van der Waals surface area contributed by atoms with Gasteiger partial charge in [-0.3, -0.25) is 4.79 Å². The van der Waals surface area contributed by atoms with E-state index in [0.29, 0.717) is 34.1 Å². The van der Waals surface area contributed by atoms with Gasteiger partial charge in [0.25, 0.3) is 5.91 Å². The van der Waals surface area contributed by atoms with E-state index in [4.69, 9.17) is 16.1 Å². The monoisotopic (exact) mass is 376 g/mol. The molecule has 6 heteroatoms. The summed E-state index contributed by atoms with van der Waals surface area (Å²) in [5.41, 5.74) is 1.68. The second kappa shape index (κ2) is 8.69. The van der Waals surface area contributed by atoms with E-state index in [1.54, 1.807) is 17.9 Å². The molecule has 5 nitrogen and oxygen atoms in total. The minimum absolute atomic E-state index is 0.152. The van der Waals surface area contributed by atoms with Gasteiger partial charge in [-0.15, -0.1) is 0 Å². The van der Waals surface area contributed by atoms with Crippen molar-refractivity contribution in [2.45, 2.75) is 45.6 Å². The van der Waals surface area contributed by atoms with E-state index in [2.05, 4.69) is 17.4 Å². The number of hydrogen-bond acceptors (Lipinski definition) is 3. The minimum Gasteiger partial charge on any atom is -0.360 e. The number of amides is 1. The van der Waals surface area contributed by atoms with Crippen LogP contribution >= 0.6 is 11.6 Å². The maximum atomic E-state index is 12.7. The van der Waals surface area contributed by atoms with E-state index in [0.717, 1.165) is 19.0 Å². The Morgan fingerprint density at radius 1 is 1.38 bits per heavy atom. The van der Waals surface area contributed by atoms with Crippen LogP contribution in [0.3, 0.4) is 0 Å². The van der Waals surface area contributed by atoms with E-state index >= 15 is 0 Å². The molecule has 2 atom stereocenters. The van der Waals surface area contributed by atoms with Crippen molar-refractivity contribution < 1.29 is 14.2 Å². The molecule has 1 unspecified atom stereocenters. The molecular formula is C20H27ClN3O2+. The second-order valence-electron chi connectivity index (χ2n) is 7.11. The lowest BCUT2D eigenvalue weighted by atomic mass is 10.0. The van der Waals surface area contributed by atoms with Crippen molar-refractivity contribution in [2.24, 2.45) is 0 Å². The summed E-state index contributed by atoms with van der Waals surface area (Å²) >= 11 is 6.25. The molecule has 0 radical (unpaired) electrons. The van der Waals surface area contributed by atoms with E-state index in [1.807, 2.05) is 18.2 Å². The Kier molecular flexibility index (Phi) is 6.33. The van der Waals surface area contributed by atoms with Crippen molar-refractivity contribution in [3.8, 4) is 11.3 Å². The van der Waals surface area contributed by atoms with Gasteiger partial charge in [0.2, 0.25) is 0 Å². The van der Waals surface area contributed by atoms with Crippen LogP contribution in [-0.4, -0.2) is 36.7 Å². The van der Waals surface area contributed by atoms with E-state index in [1.165, 1.54) is 25.8 Å². The van der Waals surface area contributed by atoms with Crippen LogP contribution in [0.1, 0.15) is 48.7 Å². The van der Waals surface area contributed by atoms with Crippen LogP contribution in [0.15, 0.2) is 28.8 Å². The average molecular weight is 377 g/mol. The summed E-state index contributed by atoms with van der Waals surface area (Å²) in [6.07, 6.45) is 4.94. The number of aryl methyl sites for hydroxylation is 1. The highest BCUT2D eigenvalue weighted by molar-refractivity contribution is 6.33. The molecule has 2 heterocycles. The van der Waals surface area contributed by atoms with Crippen molar-refractivity contribution in [3.63, 3.8) is 0 Å². The molecule has 0 saturated carbocycles. The second-order valence-corrected chi connectivity index (χ2v) is 7.51. The van der Waals surface area contributed by atoms with E-state index < -0.39 is 0 Å². The Bertz CT molecular complexity index is 759. The molecule has 1 saturated heterocycles. The van der Waals surface area contributed by atoms with Crippen LogP contribution in [-0.2, 0) is 0 Å². The standard InChI is InChI=1S/C20H26ClN3O2/c1-14-8-5-6-12-24(14)13-7-11-22-20(25)18-15(2)26-23-19(18)16-9-3-4-10-17(16)21/h3-4,9-10,14H,5-8,11-13H2,1-2H3,(H,22,25)/p+1/t14-/m1/s1. The molecule has 1 fully saturated rings. The van der Waals surface area contributed by atoms with Crippen molar-refractivity contribution in [1.82, 2.24) is 10.5 Å². The van der Waals surface area contributed by atoms with Gasteiger partial charge in [-0.25, -0.2) is 0 Å². The maximum absolute atomic E-state index is 12.7. The molecule has 3 rings (SSSR count). The number of aromatic nitrogens is 1. The van der Waals surface area contributed by atoms with Crippen LogP contribution in [0.25, 0.3) is 11.3 Å². The first-order valence-electron chi connectivity index (χ1n) is 9.42. The number of rotatable bonds is 6. The lowest BCUT2D eigenvalue weighted by molar-refractivity contribution is -0.928. The Balaban J connectivity index is 1.60. The summed E-state index contributed by atoms with van der Waals surface area (Å²) in [6.45, 7) is 7.07. The van der Waals surface area contributed by atoms with Crippen LogP contribution in [0.4, 0.5) is 0 Å². The Morgan fingerprint density at radius 3 is 2.96 bits per heavy atom. The fourth-order valence-corrected chi connectivity index (χ4v) is 3.93. The summed E-state index contributed by atoms with van der Waals surface area (Å²) < 4.78 is 5.27. The number of carbonyl (C=O) groups excluding carboxylic acids is 1. The molecule has 140 valence electrons. The van der Waals surface area contributed by atoms with Crippen LogP contribution in [0.5, 0.6) is 0 Å². The first-order chi connectivity index (χ1) is 12.6. The van der Waals surface area contributed by atoms with Crippen molar-refractivity contribution in [3.05, 3.63) is 40.6 Å². The summed E-state index contributed by atoms with van der Waals surface area (Å²) in [5.74, 6) is 0.355. The molecule has 0 bridgehead atoms. The van der Waals surface area contributed by atoms with Crippen LogP contribution in [0, 0.1) is 6.92 Å². The van der Waals surface area contributed by atoms with Crippen molar-refractivity contribution in [2.75, 3.05) is 19.6 Å². The summed E-state index contributed by atoms with van der Waals surface area (Å²) in [6, 6.07) is 8.08. The zero-order valence-corrected chi connectivity index (χ0v) is 16.2. The number of halogens is 1. The van der Waals surface area contributed by atoms with E-state index in [9.17, 15) is 4.79 Å². The lowest BCUT2D eigenvalue weighted by Gasteiger charge is -2.30. The van der Waals surface area contributed by atoms with E-state index in [-0.39, 0.29) is 5.91 Å². The fourth-order valence-electron chi connectivity index (χ4n) is 3.71. The molecule has 1 aliphatic heterocycles. The zero-order valence-electron chi connectivity index (χ0n) is 15.5. The Labute approximate surface area is 159 Å². The third kappa shape index (κ3) is 4.27. The molecule has 2 N–H and O–H groups in total. The third-order valence-corrected chi connectivity index (χ3v) is 5.59. The van der Waals surface area contributed by atoms with Gasteiger partial charge in [-0.2, -0.15) is 0 Å². The normalized spacial score (nSPS) is 20.1. The summed E-state index contributed by atoms with van der Waals surface area (Å²) in [7, 11) is 0. The predicted octanol–water partition coefficient (Wildman–Crippen LogP) is 2.88. The zero-order chi connectivity index (χ0) is 18.5. The van der Waals surface area contributed by atoms with Crippen molar-refractivity contribution in [1.29, 1.82) is 0 Å². The summed E-state index contributed by atoms with van der Waals surface area (Å²) in [5, 5.41) is 7.62. The fraction of sp³-hybridized carbons (Fsp3) is 0.500. The smallest absolute Gasteiger partial charge is 0.257 e. The quantitative estimate of drug-likeness (QED) is 0.762. The minimum atomic E-state index is -0.152. The molecule has 1 aromatic heterocycles. The van der Waals surface area contributed by atoms with Gasteiger partial charge in [0.15, 0.2) is 0 Å². The number of benzene rings is 1. The van der Waals surface area contributed by atoms with Gasteiger partial charge in [-0.05, 0) is 39.2 Å². The predicted molar refractivity (Wildman–Crippen MR) is 103 cm³/mol.